The number of hydrogen-bond donors (Lipinski definition) is 0. The Labute approximate surface area is 82.7 Å². The summed E-state index contributed by atoms with van der Waals surface area (Å²) in [6.07, 6.45) is -2.06. The Morgan fingerprint density at radius 1 is 1.64 bits per heavy atom. The molecule has 0 atom stereocenters. The summed E-state index contributed by atoms with van der Waals surface area (Å²) in [7, 11) is 0. The molecule has 0 saturated heterocycles. The van der Waals surface area contributed by atoms with Gasteiger partial charge in [0.15, 0.2) is 6.20 Å². The van der Waals surface area contributed by atoms with Gasteiger partial charge in [-0.3, -0.25) is 0 Å². The van der Waals surface area contributed by atoms with E-state index in [4.69, 9.17) is 11.6 Å². The molecule has 0 N–H and O–H groups in total. The Morgan fingerprint density at radius 2 is 2.21 bits per heavy atom. The van der Waals surface area contributed by atoms with Crippen LogP contribution in [0.4, 0.5) is 14.6 Å². The van der Waals surface area contributed by atoms with Gasteiger partial charge in [0, 0.05) is 0 Å². The second-order valence-electron chi connectivity index (χ2n) is 2.53. The summed E-state index contributed by atoms with van der Waals surface area (Å²) in [5.41, 5.74) is -0.538. The first-order valence-electron chi connectivity index (χ1n) is 3.52. The summed E-state index contributed by atoms with van der Waals surface area (Å²) in [6.45, 7) is 1.28. The highest BCUT2D eigenvalue weighted by Crippen LogP contribution is 2.32. The van der Waals surface area contributed by atoms with E-state index in [1.165, 1.54) is 6.92 Å². The predicted octanol–water partition coefficient (Wildman–Crippen LogP) is 2.89. The van der Waals surface area contributed by atoms with E-state index in [-0.39, 0.29) is 10.6 Å². The second-order valence-corrected chi connectivity index (χ2v) is 2.91. The van der Waals surface area contributed by atoms with Crippen molar-refractivity contribution in [2.75, 3.05) is 0 Å². The van der Waals surface area contributed by atoms with Gasteiger partial charge >= 0.3 is 5.82 Å². The number of aromatic nitrogens is 1. The molecule has 0 aliphatic heterocycles. The van der Waals surface area contributed by atoms with Crippen LogP contribution in [0, 0.1) is 17.0 Å². The van der Waals surface area contributed by atoms with Gasteiger partial charge in [-0.2, -0.15) is 0 Å². The predicted molar refractivity (Wildman–Crippen MR) is 45.6 cm³/mol. The van der Waals surface area contributed by atoms with E-state index >= 15 is 0 Å². The quantitative estimate of drug-likeness (QED) is 0.571. The molecular formula is C7H5ClF2N2O2. The van der Waals surface area contributed by atoms with Crippen LogP contribution in [0.2, 0.25) is 5.02 Å². The van der Waals surface area contributed by atoms with E-state index in [9.17, 15) is 18.9 Å². The molecule has 0 aromatic carbocycles. The molecule has 76 valence electrons. The molecule has 0 radical (unpaired) electrons. The number of nitrogens with zero attached hydrogens (tertiary/aromatic N) is 2. The third-order valence-electron chi connectivity index (χ3n) is 1.65. The van der Waals surface area contributed by atoms with Crippen molar-refractivity contribution in [3.63, 3.8) is 0 Å². The maximum Gasteiger partial charge on any atom is 0.367 e. The molecule has 7 heteroatoms. The molecule has 0 aliphatic rings. The SMILES string of the molecule is Cc1c([N+](=O)[O-])ncc(C(F)F)c1Cl. The average molecular weight is 223 g/mol. The highest BCUT2D eigenvalue weighted by Gasteiger charge is 2.22. The molecular weight excluding hydrogens is 218 g/mol. The molecule has 1 aromatic heterocycles. The standard InChI is InChI=1S/C7H5ClF2N2O2/c1-3-5(8)4(6(9)10)2-11-7(3)12(13)14/h2,6H,1H3. The van der Waals surface area contributed by atoms with Crippen LogP contribution in [0.25, 0.3) is 0 Å². The van der Waals surface area contributed by atoms with Crippen LogP contribution in [0.5, 0.6) is 0 Å². The normalized spacial score (nSPS) is 10.6. The first-order valence-corrected chi connectivity index (χ1v) is 3.90. The zero-order valence-electron chi connectivity index (χ0n) is 7.00. The lowest BCUT2D eigenvalue weighted by molar-refractivity contribution is -0.390. The largest absolute Gasteiger partial charge is 0.367 e. The van der Waals surface area contributed by atoms with Crippen LogP contribution in [-0.2, 0) is 0 Å². The lowest BCUT2D eigenvalue weighted by Gasteiger charge is -2.03. The van der Waals surface area contributed by atoms with Crippen molar-refractivity contribution in [2.45, 2.75) is 13.3 Å². The maximum atomic E-state index is 12.2. The van der Waals surface area contributed by atoms with Crippen molar-refractivity contribution in [3.05, 3.63) is 32.5 Å². The molecule has 0 fully saturated rings. The van der Waals surface area contributed by atoms with Gasteiger partial charge in [0.1, 0.15) is 0 Å². The van der Waals surface area contributed by atoms with Crippen LogP contribution in [0.3, 0.4) is 0 Å². The van der Waals surface area contributed by atoms with Gasteiger partial charge in [0.25, 0.3) is 6.43 Å². The van der Waals surface area contributed by atoms with Crippen molar-refractivity contribution in [3.8, 4) is 0 Å². The summed E-state index contributed by atoms with van der Waals surface area (Å²) < 4.78 is 24.5. The second kappa shape index (κ2) is 3.83. The minimum atomic E-state index is -2.78. The van der Waals surface area contributed by atoms with Gasteiger partial charge in [-0.25, -0.2) is 8.78 Å². The topological polar surface area (TPSA) is 56.0 Å². The molecule has 1 heterocycles. The fourth-order valence-electron chi connectivity index (χ4n) is 0.935. The minimum absolute atomic E-state index is 0.0468. The molecule has 0 amide bonds. The summed E-state index contributed by atoms with van der Waals surface area (Å²) in [4.78, 5) is 12.9. The van der Waals surface area contributed by atoms with Gasteiger partial charge in [-0.1, -0.05) is 11.6 Å². The third-order valence-corrected chi connectivity index (χ3v) is 2.15. The minimum Gasteiger partial charge on any atom is -0.358 e. The van der Waals surface area contributed by atoms with E-state index in [1.807, 2.05) is 0 Å². The molecule has 0 unspecified atom stereocenters. The van der Waals surface area contributed by atoms with E-state index in [2.05, 4.69) is 4.98 Å². The molecule has 14 heavy (non-hydrogen) atoms. The lowest BCUT2D eigenvalue weighted by Crippen LogP contribution is -1.99. The third kappa shape index (κ3) is 1.79. The van der Waals surface area contributed by atoms with E-state index in [0.717, 1.165) is 6.20 Å². The summed E-state index contributed by atoms with van der Waals surface area (Å²) in [5.74, 6) is -0.501. The monoisotopic (exact) mass is 222 g/mol. The van der Waals surface area contributed by atoms with Gasteiger partial charge in [-0.05, 0) is 16.8 Å². The Bertz CT molecular complexity index is 384. The molecule has 0 bridgehead atoms. The Balaban J connectivity index is 3.33. The van der Waals surface area contributed by atoms with Crippen LogP contribution < -0.4 is 0 Å². The highest BCUT2D eigenvalue weighted by molar-refractivity contribution is 6.32. The number of halogens is 3. The smallest absolute Gasteiger partial charge is 0.358 e. The fraction of sp³-hybridized carbons (Fsp3) is 0.286. The van der Waals surface area contributed by atoms with Crippen molar-refractivity contribution in [1.82, 2.24) is 4.98 Å². The van der Waals surface area contributed by atoms with Crippen LogP contribution in [-0.4, -0.2) is 9.91 Å². The maximum absolute atomic E-state index is 12.2. The van der Waals surface area contributed by atoms with Crippen molar-refractivity contribution < 1.29 is 13.7 Å². The summed E-state index contributed by atoms with van der Waals surface area (Å²) in [5, 5.41) is 10.0. The van der Waals surface area contributed by atoms with E-state index in [0.29, 0.717) is 0 Å². The van der Waals surface area contributed by atoms with E-state index < -0.39 is 22.7 Å². The Hall–Kier alpha value is -1.30. The van der Waals surface area contributed by atoms with Gasteiger partial charge < -0.3 is 10.1 Å². The number of hydrogen-bond acceptors (Lipinski definition) is 3. The number of alkyl halides is 2. The molecule has 4 nitrogen and oxygen atoms in total. The van der Waals surface area contributed by atoms with Gasteiger partial charge in [-0.15, -0.1) is 0 Å². The molecule has 0 spiro atoms. The van der Waals surface area contributed by atoms with Crippen molar-refractivity contribution in [2.24, 2.45) is 0 Å². The summed E-state index contributed by atoms with van der Waals surface area (Å²) in [6, 6.07) is 0. The van der Waals surface area contributed by atoms with E-state index in [1.54, 1.807) is 0 Å². The van der Waals surface area contributed by atoms with Crippen LogP contribution in [0.1, 0.15) is 17.6 Å². The average Bonchev–Trinajstić information content (AvgIpc) is 2.08. The lowest BCUT2D eigenvalue weighted by atomic mass is 10.2. The number of nitro groups is 1. The number of pyridine rings is 1. The first-order chi connectivity index (χ1) is 6.45. The molecule has 1 rings (SSSR count). The molecule has 0 aliphatic carbocycles. The Kier molecular flexibility index (Phi) is 2.95. The van der Waals surface area contributed by atoms with Crippen LogP contribution in [0.15, 0.2) is 6.20 Å². The van der Waals surface area contributed by atoms with Gasteiger partial charge in [0.05, 0.1) is 16.1 Å². The number of rotatable bonds is 2. The Morgan fingerprint density at radius 3 is 2.64 bits per heavy atom. The van der Waals surface area contributed by atoms with Crippen molar-refractivity contribution >= 4 is 17.4 Å². The summed E-state index contributed by atoms with van der Waals surface area (Å²) >= 11 is 5.51. The zero-order valence-corrected chi connectivity index (χ0v) is 7.76. The van der Waals surface area contributed by atoms with Crippen LogP contribution >= 0.6 is 11.6 Å². The fourth-order valence-corrected chi connectivity index (χ4v) is 1.15. The zero-order chi connectivity index (χ0) is 10.9. The molecule has 1 aromatic rings. The highest BCUT2D eigenvalue weighted by atomic mass is 35.5. The first kappa shape index (κ1) is 10.8. The van der Waals surface area contributed by atoms with Gasteiger partial charge in [0.2, 0.25) is 0 Å². The molecule has 0 saturated carbocycles. The van der Waals surface area contributed by atoms with Crippen molar-refractivity contribution in [1.29, 1.82) is 0 Å².